The molecule has 1 aromatic carbocycles. The van der Waals surface area contributed by atoms with Gasteiger partial charge in [0.1, 0.15) is 6.04 Å². The smallest absolute Gasteiger partial charge is 0.325 e. The van der Waals surface area contributed by atoms with Gasteiger partial charge in [0.15, 0.2) is 0 Å². The molecule has 18 heavy (non-hydrogen) atoms. The topological polar surface area (TPSA) is 49.4 Å². The first-order valence-corrected chi connectivity index (χ1v) is 6.31. The second-order valence-corrected chi connectivity index (χ2v) is 4.93. The highest BCUT2D eigenvalue weighted by atomic mass is 35.5. The maximum atomic E-state index is 12.0. The Labute approximate surface area is 115 Å². The quantitative estimate of drug-likeness (QED) is 0.849. The van der Waals surface area contributed by atoms with Crippen LogP contribution in [0.2, 0.25) is 10.0 Å². The monoisotopic (exact) mass is 286 g/mol. The van der Waals surface area contributed by atoms with E-state index in [-0.39, 0.29) is 5.91 Å². The summed E-state index contributed by atoms with van der Waals surface area (Å²) in [5.41, 5.74) is 1.12. The predicted octanol–water partition coefficient (Wildman–Crippen LogP) is 3.14. The van der Waals surface area contributed by atoms with E-state index in [4.69, 9.17) is 23.2 Å². The van der Waals surface area contributed by atoms with E-state index in [0.717, 1.165) is 10.5 Å². The molecule has 96 valence electrons. The van der Waals surface area contributed by atoms with Crippen LogP contribution in [-0.2, 0) is 4.79 Å². The molecule has 0 spiro atoms. The van der Waals surface area contributed by atoms with Crippen molar-refractivity contribution in [3.63, 3.8) is 0 Å². The van der Waals surface area contributed by atoms with E-state index in [2.05, 4.69) is 5.32 Å². The fraction of sp³-hybridized carbons (Fsp3) is 0.333. The van der Waals surface area contributed by atoms with E-state index in [1.807, 2.05) is 6.92 Å². The van der Waals surface area contributed by atoms with E-state index in [9.17, 15) is 9.59 Å². The number of halogens is 2. The van der Waals surface area contributed by atoms with Crippen molar-refractivity contribution in [2.24, 2.45) is 0 Å². The lowest BCUT2D eigenvalue weighted by atomic mass is 10.2. The van der Waals surface area contributed by atoms with Crippen LogP contribution in [0.15, 0.2) is 12.1 Å². The molecule has 1 atom stereocenters. The molecule has 2 rings (SSSR count). The molecule has 1 fully saturated rings. The number of carbonyl (C=O) groups is 2. The number of anilines is 1. The first-order chi connectivity index (χ1) is 8.45. The van der Waals surface area contributed by atoms with Gasteiger partial charge in [-0.15, -0.1) is 0 Å². The Morgan fingerprint density at radius 3 is 2.28 bits per heavy atom. The largest absolute Gasteiger partial charge is 0.329 e. The van der Waals surface area contributed by atoms with Crippen molar-refractivity contribution < 1.29 is 9.59 Å². The van der Waals surface area contributed by atoms with Crippen molar-refractivity contribution in [3.05, 3.63) is 27.7 Å². The fourth-order valence-electron chi connectivity index (χ4n) is 1.81. The number of carbonyl (C=O) groups excluding carboxylic acids is 2. The fourth-order valence-corrected chi connectivity index (χ4v) is 2.29. The molecule has 0 bridgehead atoms. The predicted molar refractivity (Wildman–Crippen MR) is 71.3 cm³/mol. The van der Waals surface area contributed by atoms with E-state index < -0.39 is 12.1 Å². The number of amides is 3. The standard InChI is InChI=1S/C12H12Cl2N2O2/c1-3-10-11(17)16(12(18)15-10)7-4-8(13)6(2)9(14)5-7/h4-5,10H,3H2,1-2H3,(H,15,18). The van der Waals surface area contributed by atoms with Crippen LogP contribution in [0, 0.1) is 6.92 Å². The average molecular weight is 287 g/mol. The number of hydrogen-bond acceptors (Lipinski definition) is 2. The Morgan fingerprint density at radius 1 is 1.28 bits per heavy atom. The molecule has 0 aromatic heterocycles. The van der Waals surface area contributed by atoms with Gasteiger partial charge in [-0.2, -0.15) is 0 Å². The van der Waals surface area contributed by atoms with Crippen LogP contribution in [0.5, 0.6) is 0 Å². The van der Waals surface area contributed by atoms with Gasteiger partial charge in [0.25, 0.3) is 5.91 Å². The summed E-state index contributed by atoms with van der Waals surface area (Å²) in [6, 6.07) is 2.22. The van der Waals surface area contributed by atoms with Crippen LogP contribution < -0.4 is 10.2 Å². The minimum atomic E-state index is -0.476. The van der Waals surface area contributed by atoms with Crippen LogP contribution in [0.4, 0.5) is 10.5 Å². The van der Waals surface area contributed by atoms with Gasteiger partial charge >= 0.3 is 6.03 Å². The van der Waals surface area contributed by atoms with Crippen LogP contribution in [0.25, 0.3) is 0 Å². The minimum Gasteiger partial charge on any atom is -0.325 e. The minimum absolute atomic E-state index is 0.279. The molecule has 6 heteroatoms. The molecule has 1 saturated heterocycles. The number of rotatable bonds is 2. The van der Waals surface area contributed by atoms with E-state index in [1.54, 1.807) is 19.1 Å². The molecule has 1 aliphatic heterocycles. The van der Waals surface area contributed by atoms with E-state index >= 15 is 0 Å². The van der Waals surface area contributed by atoms with Gasteiger partial charge in [-0.05, 0) is 31.0 Å². The summed E-state index contributed by atoms with van der Waals surface area (Å²) in [4.78, 5) is 24.9. The summed E-state index contributed by atoms with van der Waals surface area (Å²) in [7, 11) is 0. The van der Waals surface area contributed by atoms with Gasteiger partial charge in [-0.25, -0.2) is 9.69 Å². The first-order valence-electron chi connectivity index (χ1n) is 5.55. The second-order valence-electron chi connectivity index (χ2n) is 4.12. The van der Waals surface area contributed by atoms with Crippen molar-refractivity contribution in [1.82, 2.24) is 5.32 Å². The lowest BCUT2D eigenvalue weighted by molar-refractivity contribution is -0.118. The number of imide groups is 1. The summed E-state index contributed by atoms with van der Waals surface area (Å²) < 4.78 is 0. The van der Waals surface area contributed by atoms with Crippen molar-refractivity contribution in [2.45, 2.75) is 26.3 Å². The summed E-state index contributed by atoms with van der Waals surface area (Å²) in [6.07, 6.45) is 0.550. The molecular formula is C12H12Cl2N2O2. The summed E-state index contributed by atoms with van der Waals surface area (Å²) in [5, 5.41) is 3.46. The molecule has 0 radical (unpaired) electrons. The van der Waals surface area contributed by atoms with E-state index in [1.165, 1.54) is 0 Å². The molecule has 0 saturated carbocycles. The molecule has 1 heterocycles. The number of nitrogens with one attached hydrogen (secondary N) is 1. The third-order valence-electron chi connectivity index (χ3n) is 2.95. The summed E-state index contributed by atoms with van der Waals surface area (Å²) >= 11 is 12.0. The number of urea groups is 1. The Bertz CT molecular complexity index is 508. The highest BCUT2D eigenvalue weighted by Crippen LogP contribution is 2.31. The van der Waals surface area contributed by atoms with Crippen LogP contribution >= 0.6 is 23.2 Å². The highest BCUT2D eigenvalue weighted by Gasteiger charge is 2.38. The molecule has 4 nitrogen and oxygen atoms in total. The van der Waals surface area contributed by atoms with Gasteiger partial charge < -0.3 is 5.32 Å². The van der Waals surface area contributed by atoms with Gasteiger partial charge in [-0.3, -0.25) is 4.79 Å². The van der Waals surface area contributed by atoms with Crippen LogP contribution in [0.1, 0.15) is 18.9 Å². The van der Waals surface area contributed by atoms with Crippen molar-refractivity contribution >= 4 is 40.8 Å². The van der Waals surface area contributed by atoms with Gasteiger partial charge in [0, 0.05) is 10.0 Å². The first kappa shape index (κ1) is 13.2. The number of benzene rings is 1. The van der Waals surface area contributed by atoms with Crippen molar-refractivity contribution in [2.75, 3.05) is 4.90 Å². The molecule has 1 aliphatic rings. The van der Waals surface area contributed by atoms with E-state index in [0.29, 0.717) is 22.2 Å². The van der Waals surface area contributed by atoms with Crippen molar-refractivity contribution in [1.29, 1.82) is 0 Å². The maximum Gasteiger partial charge on any atom is 0.329 e. The zero-order chi connectivity index (χ0) is 13.4. The Kier molecular flexibility index (Phi) is 3.50. The molecule has 1 unspecified atom stereocenters. The summed E-state index contributed by atoms with van der Waals surface area (Å²) in [6.45, 7) is 3.61. The third-order valence-corrected chi connectivity index (χ3v) is 3.74. The van der Waals surface area contributed by atoms with Gasteiger partial charge in [-0.1, -0.05) is 30.1 Å². The van der Waals surface area contributed by atoms with Crippen LogP contribution in [0.3, 0.4) is 0 Å². The molecule has 3 amide bonds. The zero-order valence-electron chi connectivity index (χ0n) is 9.96. The van der Waals surface area contributed by atoms with Crippen molar-refractivity contribution in [3.8, 4) is 0 Å². The number of hydrogen-bond donors (Lipinski definition) is 1. The Hall–Kier alpha value is -1.26. The summed E-state index contributed by atoms with van der Waals surface area (Å²) in [5.74, 6) is -0.279. The second kappa shape index (κ2) is 4.78. The third kappa shape index (κ3) is 2.06. The normalized spacial score (nSPS) is 19.3. The Morgan fingerprint density at radius 2 is 1.83 bits per heavy atom. The molecule has 0 aliphatic carbocycles. The average Bonchev–Trinajstić information content (AvgIpc) is 2.60. The molecular weight excluding hydrogens is 275 g/mol. The lowest BCUT2D eigenvalue weighted by Gasteiger charge is -2.14. The van der Waals surface area contributed by atoms with Gasteiger partial charge in [0.2, 0.25) is 0 Å². The maximum absolute atomic E-state index is 12.0. The molecule has 1 aromatic rings. The lowest BCUT2D eigenvalue weighted by Crippen LogP contribution is -2.31. The Balaban J connectivity index is 2.43. The molecule has 1 N–H and O–H groups in total. The highest BCUT2D eigenvalue weighted by molar-refractivity contribution is 6.37. The SMILES string of the molecule is CCC1NC(=O)N(c2cc(Cl)c(C)c(Cl)c2)C1=O. The zero-order valence-corrected chi connectivity index (χ0v) is 11.5. The number of nitrogens with zero attached hydrogens (tertiary/aromatic N) is 1. The van der Waals surface area contributed by atoms with Crippen LogP contribution in [-0.4, -0.2) is 18.0 Å². The van der Waals surface area contributed by atoms with Gasteiger partial charge in [0.05, 0.1) is 5.69 Å².